The van der Waals surface area contributed by atoms with E-state index in [9.17, 15) is 10.2 Å². The van der Waals surface area contributed by atoms with E-state index >= 15 is 0 Å². The van der Waals surface area contributed by atoms with E-state index in [1.54, 1.807) is 6.92 Å². The molecule has 2 aliphatic carbocycles. The van der Waals surface area contributed by atoms with Crippen molar-refractivity contribution in [1.29, 1.82) is 0 Å². The summed E-state index contributed by atoms with van der Waals surface area (Å²) in [4.78, 5) is 0. The molecule has 2 nitrogen and oxygen atoms in total. The van der Waals surface area contributed by atoms with Gasteiger partial charge in [0.2, 0.25) is 0 Å². The Labute approximate surface area is 85.6 Å². The van der Waals surface area contributed by atoms with Crippen LogP contribution in [0.4, 0.5) is 0 Å². The maximum Gasteiger partial charge on any atom is 0.0883 e. The van der Waals surface area contributed by atoms with Gasteiger partial charge in [0, 0.05) is 5.92 Å². The summed E-state index contributed by atoms with van der Waals surface area (Å²) in [5, 5.41) is 20.2. The van der Waals surface area contributed by atoms with E-state index in [4.69, 9.17) is 0 Å². The molecule has 0 aromatic rings. The van der Waals surface area contributed by atoms with Crippen molar-refractivity contribution in [3.8, 4) is 0 Å². The zero-order valence-corrected chi connectivity index (χ0v) is 9.14. The van der Waals surface area contributed by atoms with Gasteiger partial charge in [0.1, 0.15) is 0 Å². The molecule has 2 aliphatic rings. The van der Waals surface area contributed by atoms with Gasteiger partial charge in [-0.2, -0.15) is 0 Å². The first-order valence-corrected chi connectivity index (χ1v) is 5.52. The Balaban J connectivity index is 2.27. The van der Waals surface area contributed by atoms with E-state index in [0.29, 0.717) is 24.2 Å². The largest absolute Gasteiger partial charge is 0.390 e. The van der Waals surface area contributed by atoms with Crippen LogP contribution in [0.3, 0.4) is 0 Å². The van der Waals surface area contributed by atoms with Gasteiger partial charge in [0.15, 0.2) is 0 Å². The second kappa shape index (κ2) is 3.07. The standard InChI is InChI=1S/C12H20O2/c1-7-4-5-9-8(2)6-12(3,14)11(13)10(7)9/h4-5,7-11,13-14H,6H2,1-3H3/t7-,8+,9+,10+,11?,12?/m0/s1. The molecule has 1 fully saturated rings. The maximum atomic E-state index is 10.1. The van der Waals surface area contributed by atoms with Gasteiger partial charge in [0.25, 0.3) is 0 Å². The number of rotatable bonds is 0. The number of aliphatic hydroxyl groups is 2. The lowest BCUT2D eigenvalue weighted by Gasteiger charge is -2.46. The van der Waals surface area contributed by atoms with Crippen LogP contribution in [0.1, 0.15) is 27.2 Å². The van der Waals surface area contributed by atoms with Crippen LogP contribution in [0.25, 0.3) is 0 Å². The minimum atomic E-state index is -0.902. The number of hydrogen-bond donors (Lipinski definition) is 2. The van der Waals surface area contributed by atoms with Crippen LogP contribution in [-0.4, -0.2) is 21.9 Å². The van der Waals surface area contributed by atoms with Gasteiger partial charge in [0.05, 0.1) is 11.7 Å². The predicted octanol–water partition coefficient (Wildman–Crippen LogP) is 1.58. The lowest BCUT2D eigenvalue weighted by Crippen LogP contribution is -2.53. The van der Waals surface area contributed by atoms with Gasteiger partial charge in [-0.3, -0.25) is 0 Å². The highest BCUT2D eigenvalue weighted by Gasteiger charge is 2.50. The Hall–Kier alpha value is -0.340. The van der Waals surface area contributed by atoms with E-state index < -0.39 is 11.7 Å². The van der Waals surface area contributed by atoms with Crippen molar-refractivity contribution in [2.24, 2.45) is 23.7 Å². The second-order valence-corrected chi connectivity index (χ2v) is 5.38. The quantitative estimate of drug-likeness (QED) is 0.577. The van der Waals surface area contributed by atoms with Crippen LogP contribution >= 0.6 is 0 Å². The summed E-state index contributed by atoms with van der Waals surface area (Å²) in [5.41, 5.74) is -0.902. The molecule has 0 spiro atoms. The fraction of sp³-hybridized carbons (Fsp3) is 0.833. The minimum Gasteiger partial charge on any atom is -0.390 e. The van der Waals surface area contributed by atoms with Crippen molar-refractivity contribution in [1.82, 2.24) is 0 Å². The maximum absolute atomic E-state index is 10.1. The molecule has 2 N–H and O–H groups in total. The van der Waals surface area contributed by atoms with Crippen molar-refractivity contribution >= 4 is 0 Å². The average Bonchev–Trinajstić information content (AvgIpc) is 2.43. The molecule has 0 bridgehead atoms. The number of aliphatic hydroxyl groups excluding tert-OH is 1. The van der Waals surface area contributed by atoms with Gasteiger partial charge < -0.3 is 10.2 Å². The Morgan fingerprint density at radius 2 is 1.93 bits per heavy atom. The molecule has 80 valence electrons. The zero-order valence-electron chi connectivity index (χ0n) is 9.14. The lowest BCUT2D eigenvalue weighted by atomic mass is 9.64. The normalized spacial score (nSPS) is 57.4. The molecule has 14 heavy (non-hydrogen) atoms. The van der Waals surface area contributed by atoms with Crippen molar-refractivity contribution in [3.05, 3.63) is 12.2 Å². The molecule has 0 aromatic heterocycles. The first-order valence-electron chi connectivity index (χ1n) is 5.52. The van der Waals surface area contributed by atoms with Crippen molar-refractivity contribution in [2.75, 3.05) is 0 Å². The third kappa shape index (κ3) is 1.32. The molecule has 6 atom stereocenters. The predicted molar refractivity (Wildman–Crippen MR) is 55.7 cm³/mol. The summed E-state index contributed by atoms with van der Waals surface area (Å²) in [7, 11) is 0. The van der Waals surface area contributed by atoms with Crippen LogP contribution in [0.15, 0.2) is 12.2 Å². The first kappa shape index (κ1) is 10.2. The van der Waals surface area contributed by atoms with Crippen LogP contribution in [0.5, 0.6) is 0 Å². The molecule has 1 saturated carbocycles. The van der Waals surface area contributed by atoms with Crippen LogP contribution in [-0.2, 0) is 0 Å². The molecule has 0 heterocycles. The fourth-order valence-corrected chi connectivity index (χ4v) is 3.30. The Kier molecular flexibility index (Phi) is 2.24. The van der Waals surface area contributed by atoms with Crippen LogP contribution < -0.4 is 0 Å². The van der Waals surface area contributed by atoms with Crippen LogP contribution in [0.2, 0.25) is 0 Å². The molecule has 2 heteroatoms. The van der Waals surface area contributed by atoms with Crippen molar-refractivity contribution in [3.63, 3.8) is 0 Å². The fourth-order valence-electron chi connectivity index (χ4n) is 3.30. The van der Waals surface area contributed by atoms with Gasteiger partial charge in [-0.25, -0.2) is 0 Å². The summed E-state index contributed by atoms with van der Waals surface area (Å²) in [6.45, 7) is 6.05. The molecule has 0 saturated heterocycles. The van der Waals surface area contributed by atoms with E-state index in [0.717, 1.165) is 0 Å². The topological polar surface area (TPSA) is 40.5 Å². The van der Waals surface area contributed by atoms with E-state index in [1.807, 2.05) is 0 Å². The Morgan fingerprint density at radius 1 is 1.29 bits per heavy atom. The minimum absolute atomic E-state index is 0.216. The summed E-state index contributed by atoms with van der Waals surface area (Å²) in [5.74, 6) is 1.54. The smallest absolute Gasteiger partial charge is 0.0883 e. The number of allylic oxidation sites excluding steroid dienone is 2. The summed E-state index contributed by atoms with van der Waals surface area (Å²) >= 11 is 0. The summed E-state index contributed by atoms with van der Waals surface area (Å²) in [6, 6.07) is 0. The molecule has 0 aliphatic heterocycles. The van der Waals surface area contributed by atoms with Crippen molar-refractivity contribution in [2.45, 2.75) is 38.9 Å². The van der Waals surface area contributed by atoms with E-state index in [-0.39, 0.29) is 5.92 Å². The van der Waals surface area contributed by atoms with Gasteiger partial charge in [-0.15, -0.1) is 0 Å². The molecule has 0 radical (unpaired) electrons. The average molecular weight is 196 g/mol. The summed E-state index contributed by atoms with van der Waals surface area (Å²) in [6.07, 6.45) is 4.52. The SMILES string of the molecule is C[C@@H]1CC(C)(O)C(O)[C@H]2[C@@H]1C=C[C@@H]2C. The highest BCUT2D eigenvalue weighted by atomic mass is 16.3. The Bertz CT molecular complexity index is 257. The lowest BCUT2D eigenvalue weighted by molar-refractivity contribution is -0.144. The molecular formula is C12H20O2. The molecule has 0 amide bonds. The molecule has 2 rings (SSSR count). The number of hydrogen-bond acceptors (Lipinski definition) is 2. The second-order valence-electron chi connectivity index (χ2n) is 5.38. The highest BCUT2D eigenvalue weighted by molar-refractivity contribution is 5.14. The van der Waals surface area contributed by atoms with Gasteiger partial charge >= 0.3 is 0 Å². The zero-order chi connectivity index (χ0) is 10.5. The van der Waals surface area contributed by atoms with Gasteiger partial charge in [-0.05, 0) is 31.1 Å². The van der Waals surface area contributed by atoms with Crippen LogP contribution in [0, 0.1) is 23.7 Å². The van der Waals surface area contributed by atoms with E-state index in [1.165, 1.54) is 0 Å². The first-order chi connectivity index (χ1) is 6.43. The third-order valence-corrected chi connectivity index (χ3v) is 4.08. The van der Waals surface area contributed by atoms with E-state index in [2.05, 4.69) is 26.0 Å². The Morgan fingerprint density at radius 3 is 2.57 bits per heavy atom. The monoisotopic (exact) mass is 196 g/mol. The molecule has 2 unspecified atom stereocenters. The number of fused-ring (bicyclic) bond motifs is 1. The van der Waals surface area contributed by atoms with Gasteiger partial charge in [-0.1, -0.05) is 26.0 Å². The molecular weight excluding hydrogens is 176 g/mol. The van der Waals surface area contributed by atoms with Crippen molar-refractivity contribution < 1.29 is 10.2 Å². The summed E-state index contributed by atoms with van der Waals surface area (Å²) < 4.78 is 0. The molecule has 0 aromatic carbocycles. The third-order valence-electron chi connectivity index (χ3n) is 4.08. The highest BCUT2D eigenvalue weighted by Crippen LogP contribution is 2.47.